The number of nitrogens with one attached hydrogen (secondary N) is 2. The highest BCUT2D eigenvalue weighted by Gasteiger charge is 2.20. The van der Waals surface area contributed by atoms with E-state index < -0.39 is 0 Å². The van der Waals surface area contributed by atoms with E-state index in [1.165, 1.54) is 53.8 Å². The molecule has 1 aliphatic carbocycles. The fraction of sp³-hybridized carbons (Fsp3) is 0.214. The highest BCUT2D eigenvalue weighted by molar-refractivity contribution is 7.25. The fourth-order valence-electron chi connectivity index (χ4n) is 5.17. The smallest absolute Gasteiger partial charge is 0.109 e. The van der Waals surface area contributed by atoms with Crippen molar-refractivity contribution in [2.45, 2.75) is 39.5 Å². The second kappa shape index (κ2) is 6.78. The molecule has 0 unspecified atom stereocenters. The Morgan fingerprint density at radius 2 is 1.67 bits per heavy atom. The van der Waals surface area contributed by atoms with Crippen LogP contribution in [0, 0.1) is 6.92 Å². The highest BCUT2D eigenvalue weighted by Crippen LogP contribution is 2.40. The molecule has 6 aromatic rings. The monoisotopic (exact) mass is 448 g/mol. The standard InChI is InChI=1S/C28H24N4S/c1-14(2)28-31-23-12-21-20-8-5-17(11-25(20)33-26(21)13-24(23)32-28)16-4-7-19-18(10-16)6-9-22-27(19)30-15(3)29-22/h4-5,7-8,10-14H,6,9H2,1-3H3,(H,29,30)(H,31,32). The maximum atomic E-state index is 4.80. The maximum Gasteiger partial charge on any atom is 0.109 e. The van der Waals surface area contributed by atoms with Gasteiger partial charge in [0, 0.05) is 31.7 Å². The molecule has 0 spiro atoms. The van der Waals surface area contributed by atoms with Crippen LogP contribution in [0.1, 0.15) is 42.7 Å². The molecule has 4 nitrogen and oxygen atoms in total. The van der Waals surface area contributed by atoms with Gasteiger partial charge in [0.05, 0.1) is 22.4 Å². The second-order valence-corrected chi connectivity index (χ2v) is 10.6. The predicted molar refractivity (Wildman–Crippen MR) is 138 cm³/mol. The number of benzene rings is 3. The Morgan fingerprint density at radius 1 is 0.848 bits per heavy atom. The normalized spacial score (nSPS) is 13.3. The molecule has 33 heavy (non-hydrogen) atoms. The summed E-state index contributed by atoms with van der Waals surface area (Å²) in [6.45, 7) is 6.38. The average molecular weight is 449 g/mol. The van der Waals surface area contributed by atoms with E-state index in [4.69, 9.17) is 4.98 Å². The summed E-state index contributed by atoms with van der Waals surface area (Å²) in [7, 11) is 0. The third-order valence-electron chi connectivity index (χ3n) is 6.88. The SMILES string of the molecule is Cc1nc2c([nH]1)-c1ccc(-c3ccc4c(c3)sc3cc5nc(C(C)C)[nH]c5cc34)cc1CC2. The van der Waals surface area contributed by atoms with E-state index in [1.807, 2.05) is 18.3 Å². The Balaban J connectivity index is 1.33. The lowest BCUT2D eigenvalue weighted by Crippen LogP contribution is -2.03. The Kier molecular flexibility index (Phi) is 3.92. The first-order valence-electron chi connectivity index (χ1n) is 11.6. The van der Waals surface area contributed by atoms with Crippen LogP contribution in [-0.4, -0.2) is 19.9 Å². The van der Waals surface area contributed by atoms with E-state index in [2.05, 4.69) is 77.3 Å². The van der Waals surface area contributed by atoms with Gasteiger partial charge in [-0.3, -0.25) is 0 Å². The van der Waals surface area contributed by atoms with Crippen molar-refractivity contribution in [1.29, 1.82) is 0 Å². The van der Waals surface area contributed by atoms with E-state index in [9.17, 15) is 0 Å². The summed E-state index contributed by atoms with van der Waals surface area (Å²) >= 11 is 1.86. The van der Waals surface area contributed by atoms with Gasteiger partial charge in [0.1, 0.15) is 11.6 Å². The summed E-state index contributed by atoms with van der Waals surface area (Å²) < 4.78 is 2.62. The van der Waals surface area contributed by atoms with E-state index >= 15 is 0 Å². The van der Waals surface area contributed by atoms with Crippen LogP contribution >= 0.6 is 11.3 Å². The van der Waals surface area contributed by atoms with Gasteiger partial charge in [0.25, 0.3) is 0 Å². The molecular weight excluding hydrogens is 424 g/mol. The summed E-state index contributed by atoms with van der Waals surface area (Å²) in [6, 6.07) is 18.3. The first-order chi connectivity index (χ1) is 16.0. The molecule has 162 valence electrons. The predicted octanol–water partition coefficient (Wildman–Crippen LogP) is 7.52. The van der Waals surface area contributed by atoms with Crippen LogP contribution in [0.4, 0.5) is 0 Å². The van der Waals surface area contributed by atoms with Crippen molar-refractivity contribution < 1.29 is 0 Å². The van der Waals surface area contributed by atoms with Gasteiger partial charge in [0.15, 0.2) is 0 Å². The van der Waals surface area contributed by atoms with Gasteiger partial charge in [-0.15, -0.1) is 11.3 Å². The van der Waals surface area contributed by atoms with Crippen molar-refractivity contribution in [2.75, 3.05) is 0 Å². The zero-order chi connectivity index (χ0) is 22.3. The molecule has 0 saturated heterocycles. The Hall–Kier alpha value is -3.44. The molecular formula is C28H24N4S. The number of rotatable bonds is 2. The van der Waals surface area contributed by atoms with Gasteiger partial charge in [-0.1, -0.05) is 44.2 Å². The van der Waals surface area contributed by atoms with Crippen LogP contribution in [0.15, 0.2) is 48.5 Å². The van der Waals surface area contributed by atoms with Gasteiger partial charge in [-0.05, 0) is 54.7 Å². The lowest BCUT2D eigenvalue weighted by atomic mass is 9.89. The number of hydrogen-bond donors (Lipinski definition) is 2. The number of H-pyrrole nitrogens is 2. The minimum Gasteiger partial charge on any atom is -0.342 e. The molecule has 2 N–H and O–H groups in total. The Labute approximate surface area is 195 Å². The van der Waals surface area contributed by atoms with Gasteiger partial charge in [-0.25, -0.2) is 9.97 Å². The van der Waals surface area contributed by atoms with Crippen molar-refractivity contribution >= 4 is 42.5 Å². The van der Waals surface area contributed by atoms with E-state index in [0.29, 0.717) is 5.92 Å². The van der Waals surface area contributed by atoms with Crippen molar-refractivity contribution in [2.24, 2.45) is 0 Å². The fourth-order valence-corrected chi connectivity index (χ4v) is 6.33. The van der Waals surface area contributed by atoms with E-state index in [0.717, 1.165) is 35.5 Å². The quantitative estimate of drug-likeness (QED) is 0.288. The van der Waals surface area contributed by atoms with Crippen LogP contribution in [0.2, 0.25) is 0 Å². The molecule has 3 heterocycles. The maximum absolute atomic E-state index is 4.80. The molecule has 0 fully saturated rings. The number of fused-ring (bicyclic) bond motifs is 7. The molecule has 0 radical (unpaired) electrons. The third-order valence-corrected chi connectivity index (χ3v) is 7.99. The van der Waals surface area contributed by atoms with E-state index in [-0.39, 0.29) is 0 Å². The van der Waals surface area contributed by atoms with Crippen molar-refractivity contribution in [3.63, 3.8) is 0 Å². The number of nitrogens with zero attached hydrogens (tertiary/aromatic N) is 2. The number of aromatic amines is 2. The van der Waals surface area contributed by atoms with Crippen LogP contribution in [0.3, 0.4) is 0 Å². The van der Waals surface area contributed by atoms with Gasteiger partial charge >= 0.3 is 0 Å². The number of thiophene rings is 1. The lowest BCUT2D eigenvalue weighted by Gasteiger charge is -2.16. The molecule has 7 rings (SSSR count). The van der Waals surface area contributed by atoms with Gasteiger partial charge in [0.2, 0.25) is 0 Å². The van der Waals surface area contributed by atoms with Crippen LogP contribution < -0.4 is 0 Å². The van der Waals surface area contributed by atoms with Crippen molar-refractivity contribution in [3.8, 4) is 22.4 Å². The van der Waals surface area contributed by atoms with Crippen LogP contribution in [0.25, 0.3) is 53.6 Å². The zero-order valence-corrected chi connectivity index (χ0v) is 19.7. The summed E-state index contributed by atoms with van der Waals surface area (Å²) in [6.07, 6.45) is 2.05. The number of hydrogen-bond acceptors (Lipinski definition) is 3. The lowest BCUT2D eigenvalue weighted by molar-refractivity contribution is 0.799. The van der Waals surface area contributed by atoms with Crippen molar-refractivity contribution in [1.82, 2.24) is 19.9 Å². The summed E-state index contributed by atoms with van der Waals surface area (Å²) in [5, 5.41) is 2.62. The summed E-state index contributed by atoms with van der Waals surface area (Å²) in [4.78, 5) is 16.4. The summed E-state index contributed by atoms with van der Waals surface area (Å²) in [5.41, 5.74) is 9.83. The molecule has 3 aromatic heterocycles. The highest BCUT2D eigenvalue weighted by atomic mass is 32.1. The van der Waals surface area contributed by atoms with Crippen molar-refractivity contribution in [3.05, 3.63) is 71.4 Å². The minimum atomic E-state index is 0.398. The van der Waals surface area contributed by atoms with Gasteiger partial charge in [-0.2, -0.15) is 0 Å². The molecule has 0 saturated carbocycles. The number of aryl methyl sites for hydroxylation is 3. The summed E-state index contributed by atoms with van der Waals surface area (Å²) in [5.74, 6) is 2.45. The van der Waals surface area contributed by atoms with E-state index in [1.54, 1.807) is 0 Å². The van der Waals surface area contributed by atoms with Gasteiger partial charge < -0.3 is 9.97 Å². The third kappa shape index (κ3) is 2.89. The minimum absolute atomic E-state index is 0.398. The molecule has 5 heteroatoms. The molecule has 0 atom stereocenters. The number of aromatic nitrogens is 4. The molecule has 0 amide bonds. The Bertz CT molecular complexity index is 1710. The molecule has 0 aliphatic heterocycles. The first-order valence-corrected chi connectivity index (χ1v) is 12.4. The molecule has 1 aliphatic rings. The van der Waals surface area contributed by atoms with Crippen LogP contribution in [0.5, 0.6) is 0 Å². The largest absolute Gasteiger partial charge is 0.342 e. The first kappa shape index (κ1) is 19.1. The zero-order valence-electron chi connectivity index (χ0n) is 18.9. The topological polar surface area (TPSA) is 57.4 Å². The Morgan fingerprint density at radius 3 is 2.55 bits per heavy atom. The average Bonchev–Trinajstić information content (AvgIpc) is 3.50. The number of imidazole rings is 2. The molecule has 0 bridgehead atoms. The van der Waals surface area contributed by atoms with Crippen LogP contribution in [-0.2, 0) is 12.8 Å². The molecule has 3 aromatic carbocycles. The second-order valence-electron chi connectivity index (χ2n) is 9.47.